The summed E-state index contributed by atoms with van der Waals surface area (Å²) in [6.07, 6.45) is 2.29. The number of carbonyl (C=O) groups is 2. The van der Waals surface area contributed by atoms with Crippen LogP contribution >= 0.6 is 0 Å². The van der Waals surface area contributed by atoms with Gasteiger partial charge in [-0.3, -0.25) is 9.59 Å². The fraction of sp³-hybridized carbons (Fsp3) is 0.500. The summed E-state index contributed by atoms with van der Waals surface area (Å²) in [6.45, 7) is 13.6. The van der Waals surface area contributed by atoms with Crippen molar-refractivity contribution in [3.05, 3.63) is 36.0 Å². The molecule has 0 unspecified atom stereocenters. The van der Waals surface area contributed by atoms with Gasteiger partial charge in [0.15, 0.2) is 5.41 Å². The number of allylic oxidation sites excluding steroid dienone is 4. The van der Waals surface area contributed by atoms with Crippen LogP contribution < -0.4 is 0 Å². The molecule has 0 fully saturated rings. The lowest BCUT2D eigenvalue weighted by Crippen LogP contribution is -2.43. The molecule has 1 rings (SSSR count). The Hall–Kier alpha value is -1.84. The third kappa shape index (κ3) is 3.00. The molecule has 0 N–H and O–H groups in total. The minimum atomic E-state index is -1.30. The van der Waals surface area contributed by atoms with Crippen molar-refractivity contribution in [1.82, 2.24) is 0 Å². The summed E-state index contributed by atoms with van der Waals surface area (Å²) >= 11 is 0. The number of ether oxygens (including phenoxy) is 2. The summed E-state index contributed by atoms with van der Waals surface area (Å²) in [4.78, 5) is 24.5. The first-order chi connectivity index (χ1) is 9.39. The smallest absolute Gasteiger partial charge is 0.324 e. The van der Waals surface area contributed by atoms with E-state index in [1.807, 2.05) is 13.0 Å². The fourth-order valence-corrected chi connectivity index (χ4v) is 2.36. The van der Waals surface area contributed by atoms with Gasteiger partial charge in [0.25, 0.3) is 0 Å². The van der Waals surface area contributed by atoms with Crippen LogP contribution in [0.25, 0.3) is 0 Å². The van der Waals surface area contributed by atoms with Crippen LogP contribution in [-0.4, -0.2) is 25.2 Å². The Morgan fingerprint density at radius 1 is 1.25 bits per heavy atom. The van der Waals surface area contributed by atoms with Crippen LogP contribution in [0.4, 0.5) is 0 Å². The molecule has 0 radical (unpaired) electrons. The van der Waals surface area contributed by atoms with Crippen LogP contribution in [0.15, 0.2) is 36.0 Å². The second-order valence-electron chi connectivity index (χ2n) is 4.91. The highest BCUT2D eigenvalue weighted by molar-refractivity contribution is 6.01. The van der Waals surface area contributed by atoms with E-state index in [1.165, 1.54) is 0 Å². The molecule has 20 heavy (non-hydrogen) atoms. The van der Waals surface area contributed by atoms with Crippen molar-refractivity contribution in [2.75, 3.05) is 13.2 Å². The monoisotopic (exact) mass is 278 g/mol. The molecule has 0 aliphatic heterocycles. The average molecular weight is 278 g/mol. The maximum absolute atomic E-state index is 12.2. The zero-order chi connectivity index (χ0) is 15.3. The van der Waals surface area contributed by atoms with Crippen molar-refractivity contribution < 1.29 is 19.1 Å². The van der Waals surface area contributed by atoms with Crippen LogP contribution in [0.3, 0.4) is 0 Å². The summed E-state index contributed by atoms with van der Waals surface area (Å²) < 4.78 is 10.1. The second kappa shape index (κ2) is 6.55. The molecule has 0 atom stereocenters. The Balaban J connectivity index is 3.16. The standard InChI is InChI=1S/C16H22O4/c1-6-19-14(17)16(15(18)20-7-2)9-8-13(11(3)4)12(5)10-16/h8H,3,5-7,9-10H2,1-2,4H3. The maximum Gasteiger partial charge on any atom is 0.324 e. The molecule has 0 aromatic heterocycles. The van der Waals surface area contributed by atoms with E-state index in [-0.39, 0.29) is 26.1 Å². The minimum Gasteiger partial charge on any atom is -0.465 e. The average Bonchev–Trinajstić information content (AvgIpc) is 2.38. The quantitative estimate of drug-likeness (QED) is 0.573. The van der Waals surface area contributed by atoms with E-state index in [0.717, 1.165) is 11.1 Å². The van der Waals surface area contributed by atoms with Gasteiger partial charge in [0.05, 0.1) is 13.2 Å². The van der Waals surface area contributed by atoms with Crippen molar-refractivity contribution >= 4 is 11.9 Å². The highest BCUT2D eigenvalue weighted by atomic mass is 16.6. The van der Waals surface area contributed by atoms with Gasteiger partial charge in [-0.1, -0.05) is 24.8 Å². The lowest BCUT2D eigenvalue weighted by Gasteiger charge is -2.33. The van der Waals surface area contributed by atoms with Crippen LogP contribution in [0.5, 0.6) is 0 Å². The minimum absolute atomic E-state index is 0.212. The molecule has 0 aromatic carbocycles. The molecule has 0 bridgehead atoms. The van der Waals surface area contributed by atoms with Crippen molar-refractivity contribution in [3.8, 4) is 0 Å². The van der Waals surface area contributed by atoms with E-state index in [2.05, 4.69) is 13.2 Å². The highest BCUT2D eigenvalue weighted by Gasteiger charge is 2.50. The highest BCUT2D eigenvalue weighted by Crippen LogP contribution is 2.42. The number of esters is 2. The summed E-state index contributed by atoms with van der Waals surface area (Å²) in [5.41, 5.74) is 1.19. The molecule has 110 valence electrons. The summed E-state index contributed by atoms with van der Waals surface area (Å²) in [5, 5.41) is 0. The third-order valence-corrected chi connectivity index (χ3v) is 3.34. The van der Waals surface area contributed by atoms with Gasteiger partial charge in [-0.05, 0) is 44.8 Å². The molecule has 0 saturated carbocycles. The summed E-state index contributed by atoms with van der Waals surface area (Å²) in [6, 6.07) is 0. The van der Waals surface area contributed by atoms with E-state index in [4.69, 9.17) is 9.47 Å². The van der Waals surface area contributed by atoms with Gasteiger partial charge >= 0.3 is 11.9 Å². The molecule has 4 nitrogen and oxygen atoms in total. The van der Waals surface area contributed by atoms with E-state index in [1.54, 1.807) is 13.8 Å². The summed E-state index contributed by atoms with van der Waals surface area (Å²) in [5.74, 6) is -1.09. The number of carbonyl (C=O) groups excluding carboxylic acids is 2. The lowest BCUT2D eigenvalue weighted by atomic mass is 9.72. The Morgan fingerprint density at radius 2 is 1.75 bits per heavy atom. The maximum atomic E-state index is 12.2. The third-order valence-electron chi connectivity index (χ3n) is 3.34. The van der Waals surface area contributed by atoms with Gasteiger partial charge in [-0.15, -0.1) is 0 Å². The predicted molar refractivity (Wildman–Crippen MR) is 77.0 cm³/mol. The van der Waals surface area contributed by atoms with Gasteiger partial charge < -0.3 is 9.47 Å². The molecule has 0 aromatic rings. The molecule has 0 spiro atoms. The van der Waals surface area contributed by atoms with Crippen molar-refractivity contribution in [2.24, 2.45) is 5.41 Å². The van der Waals surface area contributed by atoms with E-state index in [9.17, 15) is 9.59 Å². The molecular formula is C16H22O4. The van der Waals surface area contributed by atoms with E-state index in [0.29, 0.717) is 5.57 Å². The van der Waals surface area contributed by atoms with Gasteiger partial charge in [0.2, 0.25) is 0 Å². The zero-order valence-corrected chi connectivity index (χ0v) is 12.5. The molecule has 1 aliphatic rings. The van der Waals surface area contributed by atoms with Gasteiger partial charge in [-0.2, -0.15) is 0 Å². The Kier molecular flexibility index (Phi) is 5.31. The SMILES string of the molecule is C=C(C)C1=CCC(C(=O)OCC)(C(=O)OCC)CC1=C. The first-order valence-electron chi connectivity index (χ1n) is 6.77. The number of rotatable bonds is 5. The predicted octanol–water partition coefficient (Wildman–Crippen LogP) is 2.95. The van der Waals surface area contributed by atoms with Crippen LogP contribution in [0.2, 0.25) is 0 Å². The van der Waals surface area contributed by atoms with Crippen LogP contribution in [0, 0.1) is 5.41 Å². The molecule has 0 amide bonds. The van der Waals surface area contributed by atoms with Crippen LogP contribution in [0.1, 0.15) is 33.6 Å². The van der Waals surface area contributed by atoms with Crippen molar-refractivity contribution in [1.29, 1.82) is 0 Å². The molecule has 0 heterocycles. The van der Waals surface area contributed by atoms with Gasteiger partial charge in [0.1, 0.15) is 0 Å². The van der Waals surface area contributed by atoms with Crippen LogP contribution in [-0.2, 0) is 19.1 Å². The van der Waals surface area contributed by atoms with Gasteiger partial charge in [0, 0.05) is 0 Å². The topological polar surface area (TPSA) is 52.6 Å². The molecule has 0 saturated heterocycles. The fourth-order valence-electron chi connectivity index (χ4n) is 2.36. The van der Waals surface area contributed by atoms with Crippen molar-refractivity contribution in [2.45, 2.75) is 33.6 Å². The zero-order valence-electron chi connectivity index (χ0n) is 12.5. The number of hydrogen-bond acceptors (Lipinski definition) is 4. The normalized spacial score (nSPS) is 17.1. The number of hydrogen-bond donors (Lipinski definition) is 0. The molecule has 1 aliphatic carbocycles. The largest absolute Gasteiger partial charge is 0.465 e. The Morgan fingerprint density at radius 3 is 2.10 bits per heavy atom. The van der Waals surface area contributed by atoms with Crippen molar-refractivity contribution in [3.63, 3.8) is 0 Å². The van der Waals surface area contributed by atoms with E-state index < -0.39 is 17.4 Å². The summed E-state index contributed by atoms with van der Waals surface area (Å²) in [7, 11) is 0. The lowest BCUT2D eigenvalue weighted by molar-refractivity contribution is -0.172. The Labute approximate surface area is 120 Å². The molecule has 4 heteroatoms. The Bertz CT molecular complexity index is 453. The van der Waals surface area contributed by atoms with E-state index >= 15 is 0 Å². The molecular weight excluding hydrogens is 256 g/mol. The van der Waals surface area contributed by atoms with Gasteiger partial charge in [-0.25, -0.2) is 0 Å². The second-order valence-corrected chi connectivity index (χ2v) is 4.91. The first-order valence-corrected chi connectivity index (χ1v) is 6.77. The first kappa shape index (κ1) is 16.2.